The second-order valence-electron chi connectivity index (χ2n) is 5.88. The lowest BCUT2D eigenvalue weighted by Gasteiger charge is -2.10. The van der Waals surface area contributed by atoms with Crippen LogP contribution in [0.5, 0.6) is 0 Å². The molecule has 0 radical (unpaired) electrons. The largest absolute Gasteiger partial charge is 0.356 e. The SMILES string of the molecule is CNCCc1cccc(Nc2ccc(-c3ccc(F)cc3F)cc2)c1. The van der Waals surface area contributed by atoms with Gasteiger partial charge in [0.1, 0.15) is 11.6 Å². The fraction of sp³-hybridized carbons (Fsp3) is 0.143. The Kier molecular flexibility index (Phi) is 5.41. The van der Waals surface area contributed by atoms with Crippen molar-refractivity contribution in [3.05, 3.63) is 83.9 Å². The minimum absolute atomic E-state index is 0.391. The fourth-order valence-corrected chi connectivity index (χ4v) is 2.70. The molecule has 0 saturated heterocycles. The zero-order chi connectivity index (χ0) is 17.6. The molecule has 2 N–H and O–H groups in total. The van der Waals surface area contributed by atoms with Gasteiger partial charge in [0.25, 0.3) is 0 Å². The van der Waals surface area contributed by atoms with Crippen molar-refractivity contribution >= 4 is 11.4 Å². The lowest BCUT2D eigenvalue weighted by Crippen LogP contribution is -2.10. The molecule has 3 rings (SSSR count). The van der Waals surface area contributed by atoms with E-state index in [1.807, 2.05) is 43.4 Å². The molecule has 3 aromatic rings. The number of anilines is 2. The summed E-state index contributed by atoms with van der Waals surface area (Å²) in [5.41, 5.74) is 4.28. The second-order valence-corrected chi connectivity index (χ2v) is 5.88. The van der Waals surface area contributed by atoms with E-state index in [1.165, 1.54) is 17.7 Å². The van der Waals surface area contributed by atoms with Crippen LogP contribution in [0, 0.1) is 11.6 Å². The van der Waals surface area contributed by atoms with E-state index >= 15 is 0 Å². The van der Waals surface area contributed by atoms with Crippen LogP contribution in [0.3, 0.4) is 0 Å². The number of halogens is 2. The predicted molar refractivity (Wildman–Crippen MR) is 99.1 cm³/mol. The quantitative estimate of drug-likeness (QED) is 0.650. The molecule has 0 atom stereocenters. The first-order valence-electron chi connectivity index (χ1n) is 8.22. The lowest BCUT2D eigenvalue weighted by atomic mass is 10.0. The van der Waals surface area contributed by atoms with Crippen molar-refractivity contribution in [2.24, 2.45) is 0 Å². The standard InChI is InChI=1S/C21H20F2N2/c1-24-12-11-15-3-2-4-19(13-15)25-18-8-5-16(6-9-18)20-10-7-17(22)14-21(20)23/h2-10,13-14,24-25H,11-12H2,1H3. The van der Waals surface area contributed by atoms with Gasteiger partial charge in [-0.3, -0.25) is 0 Å². The van der Waals surface area contributed by atoms with Crippen molar-refractivity contribution in [2.45, 2.75) is 6.42 Å². The molecule has 4 heteroatoms. The van der Waals surface area contributed by atoms with Gasteiger partial charge in [0, 0.05) is 23.0 Å². The van der Waals surface area contributed by atoms with Crippen molar-refractivity contribution in [1.82, 2.24) is 5.32 Å². The number of hydrogen-bond donors (Lipinski definition) is 2. The number of likely N-dealkylation sites (N-methyl/N-ethyl adjacent to an activating group) is 1. The summed E-state index contributed by atoms with van der Waals surface area (Å²) >= 11 is 0. The molecule has 0 aliphatic rings. The zero-order valence-corrected chi connectivity index (χ0v) is 14.0. The molecule has 3 aromatic carbocycles. The van der Waals surface area contributed by atoms with Gasteiger partial charge in [0.2, 0.25) is 0 Å². The summed E-state index contributed by atoms with van der Waals surface area (Å²) in [6, 6.07) is 19.3. The van der Waals surface area contributed by atoms with Gasteiger partial charge in [-0.15, -0.1) is 0 Å². The van der Waals surface area contributed by atoms with Gasteiger partial charge in [-0.2, -0.15) is 0 Å². The lowest BCUT2D eigenvalue weighted by molar-refractivity contribution is 0.585. The van der Waals surface area contributed by atoms with Crippen LogP contribution < -0.4 is 10.6 Å². The number of rotatable bonds is 6. The highest BCUT2D eigenvalue weighted by Crippen LogP contribution is 2.26. The maximum Gasteiger partial charge on any atom is 0.133 e. The molecule has 0 spiro atoms. The summed E-state index contributed by atoms with van der Waals surface area (Å²) < 4.78 is 26.9. The maximum atomic E-state index is 13.9. The monoisotopic (exact) mass is 338 g/mol. The van der Waals surface area contributed by atoms with Crippen molar-refractivity contribution < 1.29 is 8.78 Å². The summed E-state index contributed by atoms with van der Waals surface area (Å²) in [7, 11) is 1.94. The summed E-state index contributed by atoms with van der Waals surface area (Å²) in [5, 5.41) is 6.49. The highest BCUT2D eigenvalue weighted by atomic mass is 19.1. The Hall–Kier alpha value is -2.72. The van der Waals surface area contributed by atoms with Crippen molar-refractivity contribution in [3.63, 3.8) is 0 Å². The first-order valence-corrected chi connectivity index (χ1v) is 8.22. The molecule has 0 saturated carbocycles. The van der Waals surface area contributed by atoms with Crippen LogP contribution in [0.4, 0.5) is 20.2 Å². The highest BCUT2D eigenvalue weighted by Gasteiger charge is 2.06. The Balaban J connectivity index is 1.74. The maximum absolute atomic E-state index is 13.9. The van der Waals surface area contributed by atoms with Gasteiger partial charge in [0.05, 0.1) is 0 Å². The average Bonchev–Trinajstić information content (AvgIpc) is 2.61. The van der Waals surface area contributed by atoms with E-state index in [1.54, 1.807) is 0 Å². The highest BCUT2D eigenvalue weighted by molar-refractivity contribution is 5.69. The second kappa shape index (κ2) is 7.90. The molecule has 0 aliphatic heterocycles. The third-order valence-corrected chi connectivity index (χ3v) is 4.01. The van der Waals surface area contributed by atoms with Crippen molar-refractivity contribution in [3.8, 4) is 11.1 Å². The Morgan fingerprint density at radius 1 is 0.840 bits per heavy atom. The van der Waals surface area contributed by atoms with E-state index in [0.29, 0.717) is 11.1 Å². The molecule has 0 aliphatic carbocycles. The normalized spacial score (nSPS) is 10.7. The first-order chi connectivity index (χ1) is 12.2. The topological polar surface area (TPSA) is 24.1 Å². The Morgan fingerprint density at radius 3 is 2.36 bits per heavy atom. The van der Waals surface area contributed by atoms with Crippen LogP contribution in [0.2, 0.25) is 0 Å². The number of nitrogens with one attached hydrogen (secondary N) is 2. The van der Waals surface area contributed by atoms with Gasteiger partial charge in [-0.1, -0.05) is 24.3 Å². The summed E-state index contributed by atoms with van der Waals surface area (Å²) in [4.78, 5) is 0. The van der Waals surface area contributed by atoms with Crippen LogP contribution in [0.15, 0.2) is 66.7 Å². The molecule has 128 valence electrons. The van der Waals surface area contributed by atoms with Crippen molar-refractivity contribution in [2.75, 3.05) is 18.9 Å². The van der Waals surface area contributed by atoms with Crippen LogP contribution in [-0.4, -0.2) is 13.6 Å². The Labute approximate surface area is 146 Å². The van der Waals surface area contributed by atoms with E-state index in [-0.39, 0.29) is 0 Å². The van der Waals surface area contributed by atoms with E-state index < -0.39 is 11.6 Å². The molecule has 0 aromatic heterocycles. The summed E-state index contributed by atoms with van der Waals surface area (Å²) in [6.45, 7) is 0.932. The van der Waals surface area contributed by atoms with Crippen molar-refractivity contribution in [1.29, 1.82) is 0 Å². The average molecular weight is 338 g/mol. The van der Waals surface area contributed by atoms with Gasteiger partial charge < -0.3 is 10.6 Å². The van der Waals surface area contributed by atoms with Gasteiger partial charge >= 0.3 is 0 Å². The van der Waals surface area contributed by atoms with E-state index in [9.17, 15) is 8.78 Å². The van der Waals surface area contributed by atoms with Crippen LogP contribution in [-0.2, 0) is 6.42 Å². The van der Waals surface area contributed by atoms with Gasteiger partial charge in [0.15, 0.2) is 0 Å². The smallest absolute Gasteiger partial charge is 0.133 e. The molecule has 2 nitrogen and oxygen atoms in total. The van der Waals surface area contributed by atoms with E-state index in [0.717, 1.165) is 30.4 Å². The van der Waals surface area contributed by atoms with Gasteiger partial charge in [-0.05, 0) is 67.5 Å². The third-order valence-electron chi connectivity index (χ3n) is 4.01. The van der Waals surface area contributed by atoms with E-state index in [2.05, 4.69) is 22.8 Å². The molecular formula is C21H20F2N2. The predicted octanol–water partition coefficient (Wildman–Crippen LogP) is 5.14. The zero-order valence-electron chi connectivity index (χ0n) is 14.0. The number of benzene rings is 3. The van der Waals surface area contributed by atoms with Crippen LogP contribution >= 0.6 is 0 Å². The minimum atomic E-state index is -0.572. The number of hydrogen-bond acceptors (Lipinski definition) is 2. The van der Waals surface area contributed by atoms with Crippen LogP contribution in [0.25, 0.3) is 11.1 Å². The molecule has 0 heterocycles. The van der Waals surface area contributed by atoms with Crippen LogP contribution in [0.1, 0.15) is 5.56 Å². The Bertz CT molecular complexity index is 845. The summed E-state index contributed by atoms with van der Waals surface area (Å²) in [5.74, 6) is -1.13. The molecule has 0 bridgehead atoms. The molecule has 0 amide bonds. The minimum Gasteiger partial charge on any atom is -0.356 e. The van der Waals surface area contributed by atoms with Gasteiger partial charge in [-0.25, -0.2) is 8.78 Å². The summed E-state index contributed by atoms with van der Waals surface area (Å²) in [6.07, 6.45) is 0.967. The first kappa shape index (κ1) is 17.1. The third kappa shape index (κ3) is 4.43. The molecule has 0 unspecified atom stereocenters. The fourth-order valence-electron chi connectivity index (χ4n) is 2.70. The Morgan fingerprint density at radius 2 is 1.64 bits per heavy atom. The molecular weight excluding hydrogens is 318 g/mol. The molecule has 25 heavy (non-hydrogen) atoms. The molecule has 0 fully saturated rings. The van der Waals surface area contributed by atoms with E-state index in [4.69, 9.17) is 0 Å².